The maximum absolute atomic E-state index is 5.57. The first-order valence-corrected chi connectivity index (χ1v) is 6.73. The quantitative estimate of drug-likeness (QED) is 0.874. The Kier molecular flexibility index (Phi) is 3.57. The predicted octanol–water partition coefficient (Wildman–Crippen LogP) is 3.39. The van der Waals surface area contributed by atoms with Crippen LogP contribution in [0.25, 0.3) is 0 Å². The fraction of sp³-hybridized carbons (Fsp3) is 0.786. The molecule has 17 heavy (non-hydrogen) atoms. The molecule has 0 saturated carbocycles. The molecule has 0 amide bonds. The van der Waals surface area contributed by atoms with Crippen molar-refractivity contribution < 1.29 is 4.52 Å². The predicted molar refractivity (Wildman–Crippen MR) is 69.1 cm³/mol. The van der Waals surface area contributed by atoms with Crippen molar-refractivity contribution in [2.24, 2.45) is 0 Å². The van der Waals surface area contributed by atoms with Crippen molar-refractivity contribution in [1.82, 2.24) is 10.5 Å². The minimum absolute atomic E-state index is 0.130. The summed E-state index contributed by atoms with van der Waals surface area (Å²) in [5.74, 6) is 1.75. The zero-order valence-electron chi connectivity index (χ0n) is 11.5. The van der Waals surface area contributed by atoms with E-state index in [4.69, 9.17) is 4.52 Å². The molecule has 0 aliphatic heterocycles. The van der Waals surface area contributed by atoms with Crippen molar-refractivity contribution in [1.29, 1.82) is 0 Å². The summed E-state index contributed by atoms with van der Waals surface area (Å²) in [4.78, 5) is 0. The van der Waals surface area contributed by atoms with Crippen LogP contribution in [0.4, 0.5) is 0 Å². The van der Waals surface area contributed by atoms with Crippen LogP contribution in [0.5, 0.6) is 0 Å². The van der Waals surface area contributed by atoms with Crippen molar-refractivity contribution in [3.05, 3.63) is 17.0 Å². The minimum Gasteiger partial charge on any atom is -0.361 e. The summed E-state index contributed by atoms with van der Waals surface area (Å²) in [6.45, 7) is 9.57. The van der Waals surface area contributed by atoms with Gasteiger partial charge in [-0.3, -0.25) is 0 Å². The summed E-state index contributed by atoms with van der Waals surface area (Å²) >= 11 is 0. The van der Waals surface area contributed by atoms with Crippen LogP contribution in [0, 0.1) is 0 Å². The Morgan fingerprint density at radius 1 is 1.41 bits per heavy atom. The molecule has 3 heteroatoms. The molecular weight excluding hydrogens is 212 g/mol. The van der Waals surface area contributed by atoms with Gasteiger partial charge in [0.2, 0.25) is 0 Å². The number of aromatic nitrogens is 1. The SMILES string of the molecule is CCC1CCCc2c(CNC(C)(C)C)noc21. The average molecular weight is 236 g/mol. The lowest BCUT2D eigenvalue weighted by atomic mass is 9.86. The van der Waals surface area contributed by atoms with E-state index in [1.165, 1.54) is 18.4 Å². The summed E-state index contributed by atoms with van der Waals surface area (Å²) in [5.41, 5.74) is 2.62. The van der Waals surface area contributed by atoms with Gasteiger partial charge in [-0.15, -0.1) is 0 Å². The molecule has 0 radical (unpaired) electrons. The van der Waals surface area contributed by atoms with Crippen molar-refractivity contribution >= 4 is 0 Å². The summed E-state index contributed by atoms with van der Waals surface area (Å²) in [6.07, 6.45) is 4.82. The highest BCUT2D eigenvalue weighted by Crippen LogP contribution is 2.35. The normalized spacial score (nSPS) is 20.4. The van der Waals surface area contributed by atoms with Crippen LogP contribution < -0.4 is 5.32 Å². The highest BCUT2D eigenvalue weighted by atomic mass is 16.5. The molecule has 96 valence electrons. The van der Waals surface area contributed by atoms with E-state index in [1.54, 1.807) is 0 Å². The highest BCUT2D eigenvalue weighted by Gasteiger charge is 2.26. The molecule has 0 bridgehead atoms. The number of nitrogens with zero attached hydrogens (tertiary/aromatic N) is 1. The van der Waals surface area contributed by atoms with Crippen molar-refractivity contribution in [3.63, 3.8) is 0 Å². The molecule has 1 aliphatic carbocycles. The molecule has 0 saturated heterocycles. The van der Waals surface area contributed by atoms with E-state index < -0.39 is 0 Å². The Morgan fingerprint density at radius 2 is 2.18 bits per heavy atom. The summed E-state index contributed by atoms with van der Waals surface area (Å²) in [7, 11) is 0. The van der Waals surface area contributed by atoms with E-state index in [0.29, 0.717) is 5.92 Å². The Balaban J connectivity index is 2.12. The lowest BCUT2D eigenvalue weighted by molar-refractivity contribution is 0.331. The smallest absolute Gasteiger partial charge is 0.143 e. The van der Waals surface area contributed by atoms with E-state index in [9.17, 15) is 0 Å². The maximum Gasteiger partial charge on any atom is 0.143 e. The van der Waals surface area contributed by atoms with Gasteiger partial charge < -0.3 is 9.84 Å². The molecule has 2 rings (SSSR count). The third-order valence-corrected chi connectivity index (χ3v) is 3.53. The topological polar surface area (TPSA) is 38.1 Å². The monoisotopic (exact) mass is 236 g/mol. The van der Waals surface area contributed by atoms with E-state index >= 15 is 0 Å². The van der Waals surface area contributed by atoms with Gasteiger partial charge in [-0.05, 0) is 46.5 Å². The first-order chi connectivity index (χ1) is 8.01. The zero-order valence-corrected chi connectivity index (χ0v) is 11.5. The second-order valence-corrected chi connectivity index (χ2v) is 6.07. The Labute approximate surface area is 104 Å². The largest absolute Gasteiger partial charge is 0.361 e. The lowest BCUT2D eigenvalue weighted by Gasteiger charge is -2.21. The van der Waals surface area contributed by atoms with E-state index in [0.717, 1.165) is 30.8 Å². The molecule has 0 spiro atoms. The van der Waals surface area contributed by atoms with Crippen LogP contribution in [-0.4, -0.2) is 10.7 Å². The van der Waals surface area contributed by atoms with E-state index in [2.05, 4.69) is 38.2 Å². The number of fused-ring (bicyclic) bond motifs is 1. The summed E-state index contributed by atoms with van der Waals surface area (Å²) in [5, 5.41) is 7.75. The Hall–Kier alpha value is -0.830. The van der Waals surface area contributed by atoms with Crippen LogP contribution in [0.3, 0.4) is 0 Å². The molecule has 1 unspecified atom stereocenters. The second-order valence-electron chi connectivity index (χ2n) is 6.07. The third-order valence-electron chi connectivity index (χ3n) is 3.53. The number of nitrogens with one attached hydrogen (secondary N) is 1. The van der Waals surface area contributed by atoms with Crippen LogP contribution in [0.1, 0.15) is 69.9 Å². The number of hydrogen-bond acceptors (Lipinski definition) is 3. The number of hydrogen-bond donors (Lipinski definition) is 1. The summed E-state index contributed by atoms with van der Waals surface area (Å²) < 4.78 is 5.57. The maximum atomic E-state index is 5.57. The van der Waals surface area contributed by atoms with Crippen LogP contribution in [0.2, 0.25) is 0 Å². The van der Waals surface area contributed by atoms with Crippen molar-refractivity contribution in [3.8, 4) is 0 Å². The molecule has 1 N–H and O–H groups in total. The molecule has 1 atom stereocenters. The van der Waals surface area contributed by atoms with Gasteiger partial charge in [-0.1, -0.05) is 12.1 Å². The van der Waals surface area contributed by atoms with E-state index in [-0.39, 0.29) is 5.54 Å². The van der Waals surface area contributed by atoms with Gasteiger partial charge in [-0.2, -0.15) is 0 Å². The van der Waals surface area contributed by atoms with Gasteiger partial charge in [0.1, 0.15) is 11.5 Å². The van der Waals surface area contributed by atoms with Gasteiger partial charge in [0.25, 0.3) is 0 Å². The van der Waals surface area contributed by atoms with Gasteiger partial charge >= 0.3 is 0 Å². The first kappa shape index (κ1) is 12.6. The Morgan fingerprint density at radius 3 is 2.82 bits per heavy atom. The van der Waals surface area contributed by atoms with Crippen molar-refractivity contribution in [2.45, 2.75) is 71.4 Å². The molecular formula is C14H24N2O. The number of rotatable bonds is 3. The fourth-order valence-electron chi connectivity index (χ4n) is 2.48. The summed E-state index contributed by atoms with van der Waals surface area (Å²) in [6, 6.07) is 0. The first-order valence-electron chi connectivity index (χ1n) is 6.73. The molecule has 0 fully saturated rings. The lowest BCUT2D eigenvalue weighted by Crippen LogP contribution is -2.35. The van der Waals surface area contributed by atoms with E-state index in [1.807, 2.05) is 0 Å². The molecule has 1 aromatic heterocycles. The van der Waals surface area contributed by atoms with Gasteiger partial charge in [-0.25, -0.2) is 0 Å². The van der Waals surface area contributed by atoms with Gasteiger partial charge in [0, 0.05) is 23.6 Å². The molecule has 3 nitrogen and oxygen atoms in total. The second kappa shape index (κ2) is 4.81. The van der Waals surface area contributed by atoms with Crippen LogP contribution >= 0.6 is 0 Å². The molecule has 1 aliphatic rings. The fourth-order valence-corrected chi connectivity index (χ4v) is 2.48. The van der Waals surface area contributed by atoms with Crippen LogP contribution in [-0.2, 0) is 13.0 Å². The van der Waals surface area contributed by atoms with Crippen LogP contribution in [0.15, 0.2) is 4.52 Å². The standard InChI is InChI=1S/C14H24N2O/c1-5-10-7-6-8-11-12(16-17-13(10)11)9-15-14(2,3)4/h10,15H,5-9H2,1-4H3. The van der Waals surface area contributed by atoms with Gasteiger partial charge in [0.15, 0.2) is 0 Å². The Bertz CT molecular complexity index is 376. The average Bonchev–Trinajstić information content (AvgIpc) is 2.68. The molecule has 1 aromatic rings. The minimum atomic E-state index is 0.130. The molecule has 1 heterocycles. The highest BCUT2D eigenvalue weighted by molar-refractivity contribution is 5.28. The van der Waals surface area contributed by atoms with Gasteiger partial charge in [0.05, 0.1) is 0 Å². The molecule has 0 aromatic carbocycles. The zero-order chi connectivity index (χ0) is 12.5. The van der Waals surface area contributed by atoms with Crippen molar-refractivity contribution in [2.75, 3.05) is 0 Å². The third kappa shape index (κ3) is 2.89.